The molecule has 0 bridgehead atoms. The number of hydrogen-bond donors (Lipinski definition) is 1. The smallest absolute Gasteiger partial charge is 0.0900 e. The molecule has 1 N–H and O–H groups in total. The SMILES string of the molecule is CC(C)OCC(O)CN1Cc2ccccc2C(c2ccccc2)C1. The van der Waals surface area contributed by atoms with Crippen LogP contribution in [-0.2, 0) is 11.3 Å². The molecule has 0 amide bonds. The molecular weight excluding hydrogens is 298 g/mol. The van der Waals surface area contributed by atoms with Crippen LogP contribution >= 0.6 is 0 Å². The molecule has 3 rings (SSSR count). The summed E-state index contributed by atoms with van der Waals surface area (Å²) in [6, 6.07) is 19.3. The first kappa shape index (κ1) is 17.2. The highest BCUT2D eigenvalue weighted by atomic mass is 16.5. The number of fused-ring (bicyclic) bond motifs is 1. The molecule has 24 heavy (non-hydrogen) atoms. The first-order valence-electron chi connectivity index (χ1n) is 8.78. The maximum atomic E-state index is 10.3. The summed E-state index contributed by atoms with van der Waals surface area (Å²) >= 11 is 0. The molecule has 0 spiro atoms. The maximum absolute atomic E-state index is 10.3. The predicted octanol–water partition coefficient (Wildman–Crippen LogP) is 3.42. The third kappa shape index (κ3) is 4.23. The van der Waals surface area contributed by atoms with Gasteiger partial charge in [-0.05, 0) is 30.5 Å². The molecule has 0 saturated carbocycles. The third-order valence-corrected chi connectivity index (χ3v) is 4.56. The van der Waals surface area contributed by atoms with E-state index < -0.39 is 6.10 Å². The zero-order valence-electron chi connectivity index (χ0n) is 14.6. The first-order chi connectivity index (χ1) is 11.6. The van der Waals surface area contributed by atoms with Gasteiger partial charge in [-0.25, -0.2) is 0 Å². The van der Waals surface area contributed by atoms with Crippen LogP contribution in [0.3, 0.4) is 0 Å². The van der Waals surface area contributed by atoms with Crippen molar-refractivity contribution in [2.75, 3.05) is 19.7 Å². The van der Waals surface area contributed by atoms with E-state index >= 15 is 0 Å². The van der Waals surface area contributed by atoms with Crippen molar-refractivity contribution < 1.29 is 9.84 Å². The maximum Gasteiger partial charge on any atom is 0.0900 e. The Morgan fingerprint density at radius 3 is 2.54 bits per heavy atom. The highest BCUT2D eigenvalue weighted by Crippen LogP contribution is 2.33. The number of benzene rings is 2. The Labute approximate surface area is 144 Å². The molecule has 0 saturated heterocycles. The number of rotatable bonds is 6. The normalized spacial score (nSPS) is 19.2. The molecule has 2 aromatic carbocycles. The zero-order valence-corrected chi connectivity index (χ0v) is 14.6. The van der Waals surface area contributed by atoms with Crippen LogP contribution in [0.4, 0.5) is 0 Å². The third-order valence-electron chi connectivity index (χ3n) is 4.56. The lowest BCUT2D eigenvalue weighted by Crippen LogP contribution is -2.40. The molecule has 3 nitrogen and oxygen atoms in total. The van der Waals surface area contributed by atoms with E-state index in [1.54, 1.807) is 0 Å². The van der Waals surface area contributed by atoms with Gasteiger partial charge < -0.3 is 9.84 Å². The van der Waals surface area contributed by atoms with Crippen LogP contribution in [0.2, 0.25) is 0 Å². The average Bonchev–Trinajstić information content (AvgIpc) is 2.60. The largest absolute Gasteiger partial charge is 0.389 e. The number of nitrogens with zero attached hydrogens (tertiary/aromatic N) is 1. The van der Waals surface area contributed by atoms with Gasteiger partial charge in [-0.15, -0.1) is 0 Å². The van der Waals surface area contributed by atoms with E-state index in [0.29, 0.717) is 19.1 Å². The van der Waals surface area contributed by atoms with Crippen LogP contribution in [0, 0.1) is 0 Å². The van der Waals surface area contributed by atoms with Gasteiger partial charge in [0, 0.05) is 25.6 Å². The summed E-state index contributed by atoms with van der Waals surface area (Å²) in [5, 5.41) is 10.3. The zero-order chi connectivity index (χ0) is 16.9. The van der Waals surface area contributed by atoms with Gasteiger partial charge in [-0.2, -0.15) is 0 Å². The summed E-state index contributed by atoms with van der Waals surface area (Å²) in [6.07, 6.45) is -0.298. The van der Waals surface area contributed by atoms with E-state index in [0.717, 1.165) is 13.1 Å². The van der Waals surface area contributed by atoms with Gasteiger partial charge in [0.05, 0.1) is 18.8 Å². The number of hydrogen-bond acceptors (Lipinski definition) is 3. The summed E-state index contributed by atoms with van der Waals surface area (Å²) in [5.74, 6) is 0.356. The number of aliphatic hydroxyl groups is 1. The van der Waals surface area contributed by atoms with Crippen molar-refractivity contribution >= 4 is 0 Å². The number of aliphatic hydroxyl groups excluding tert-OH is 1. The molecule has 128 valence electrons. The van der Waals surface area contributed by atoms with E-state index in [9.17, 15) is 5.11 Å². The summed E-state index contributed by atoms with van der Waals surface area (Å²) in [6.45, 7) is 6.85. The minimum Gasteiger partial charge on any atom is -0.389 e. The van der Waals surface area contributed by atoms with E-state index in [4.69, 9.17) is 4.74 Å². The average molecular weight is 325 g/mol. The fourth-order valence-corrected chi connectivity index (χ4v) is 3.44. The van der Waals surface area contributed by atoms with Crippen molar-refractivity contribution in [3.63, 3.8) is 0 Å². The molecule has 0 fully saturated rings. The van der Waals surface area contributed by atoms with Crippen LogP contribution in [0.25, 0.3) is 0 Å². The van der Waals surface area contributed by atoms with Gasteiger partial charge in [0.2, 0.25) is 0 Å². The fraction of sp³-hybridized carbons (Fsp3) is 0.429. The summed E-state index contributed by atoms with van der Waals surface area (Å²) < 4.78 is 5.55. The van der Waals surface area contributed by atoms with Crippen LogP contribution in [0.15, 0.2) is 54.6 Å². The predicted molar refractivity (Wildman–Crippen MR) is 97.1 cm³/mol. The molecule has 0 aliphatic carbocycles. The summed E-state index contributed by atoms with van der Waals surface area (Å²) in [5.41, 5.74) is 4.10. The molecule has 0 radical (unpaired) electrons. The van der Waals surface area contributed by atoms with Crippen molar-refractivity contribution in [3.8, 4) is 0 Å². The van der Waals surface area contributed by atoms with E-state index in [1.807, 2.05) is 13.8 Å². The molecule has 2 aromatic rings. The molecule has 1 aliphatic rings. The number of ether oxygens (including phenoxy) is 1. The quantitative estimate of drug-likeness (QED) is 0.883. The van der Waals surface area contributed by atoms with Gasteiger partial charge >= 0.3 is 0 Å². The van der Waals surface area contributed by atoms with Crippen LogP contribution < -0.4 is 0 Å². The lowest BCUT2D eigenvalue weighted by Gasteiger charge is -2.36. The lowest BCUT2D eigenvalue weighted by atomic mass is 9.84. The Hall–Kier alpha value is -1.68. The molecule has 2 unspecified atom stereocenters. The molecule has 1 aliphatic heterocycles. The monoisotopic (exact) mass is 325 g/mol. The minimum atomic E-state index is -0.450. The Morgan fingerprint density at radius 1 is 1.08 bits per heavy atom. The first-order valence-corrected chi connectivity index (χ1v) is 8.78. The second-order valence-corrected chi connectivity index (χ2v) is 6.89. The Balaban J connectivity index is 1.75. The summed E-state index contributed by atoms with van der Waals surface area (Å²) in [4.78, 5) is 2.34. The summed E-state index contributed by atoms with van der Waals surface area (Å²) in [7, 11) is 0. The van der Waals surface area contributed by atoms with E-state index in [2.05, 4.69) is 59.5 Å². The van der Waals surface area contributed by atoms with Crippen molar-refractivity contribution in [1.29, 1.82) is 0 Å². The van der Waals surface area contributed by atoms with Crippen LogP contribution in [-0.4, -0.2) is 41.9 Å². The van der Waals surface area contributed by atoms with E-state index in [-0.39, 0.29) is 6.10 Å². The standard InChI is InChI=1S/C21H27NO2/c1-16(2)24-15-19(23)13-22-12-18-10-6-7-11-20(18)21(14-22)17-8-4-3-5-9-17/h3-11,16,19,21,23H,12-15H2,1-2H3. The van der Waals surface area contributed by atoms with Crippen molar-refractivity contribution in [2.45, 2.75) is 38.5 Å². The molecule has 3 heteroatoms. The second-order valence-electron chi connectivity index (χ2n) is 6.89. The van der Waals surface area contributed by atoms with Gasteiger partial charge in [0.15, 0.2) is 0 Å². The van der Waals surface area contributed by atoms with Crippen LogP contribution in [0.1, 0.15) is 36.5 Å². The van der Waals surface area contributed by atoms with Gasteiger partial charge in [-0.3, -0.25) is 4.90 Å². The van der Waals surface area contributed by atoms with Gasteiger partial charge in [0.1, 0.15) is 0 Å². The Kier molecular flexibility index (Phi) is 5.67. The topological polar surface area (TPSA) is 32.7 Å². The highest BCUT2D eigenvalue weighted by molar-refractivity contribution is 5.40. The fourth-order valence-electron chi connectivity index (χ4n) is 3.44. The van der Waals surface area contributed by atoms with Gasteiger partial charge in [0.25, 0.3) is 0 Å². The Morgan fingerprint density at radius 2 is 1.79 bits per heavy atom. The van der Waals surface area contributed by atoms with Crippen molar-refractivity contribution in [2.24, 2.45) is 0 Å². The second kappa shape index (κ2) is 7.93. The molecule has 0 aromatic heterocycles. The lowest BCUT2D eigenvalue weighted by molar-refractivity contribution is -0.0107. The minimum absolute atomic E-state index is 0.152. The highest BCUT2D eigenvalue weighted by Gasteiger charge is 2.27. The Bertz CT molecular complexity index is 641. The van der Waals surface area contributed by atoms with E-state index in [1.165, 1.54) is 16.7 Å². The van der Waals surface area contributed by atoms with Crippen molar-refractivity contribution in [3.05, 3.63) is 71.3 Å². The van der Waals surface area contributed by atoms with Crippen molar-refractivity contribution in [1.82, 2.24) is 4.90 Å². The molecule has 2 atom stereocenters. The van der Waals surface area contributed by atoms with Crippen LogP contribution in [0.5, 0.6) is 0 Å². The molecular formula is C21H27NO2. The number of β-amino-alcohol motifs (C(OH)–C–C–N with tert-alkyl or cyclic N) is 1. The molecule has 1 heterocycles. The van der Waals surface area contributed by atoms with Gasteiger partial charge in [-0.1, -0.05) is 54.6 Å².